The van der Waals surface area contributed by atoms with Gasteiger partial charge in [-0.25, -0.2) is 9.37 Å². The quantitative estimate of drug-likeness (QED) is 0.363. The molecule has 0 atom stereocenters. The normalized spacial score (nSPS) is 15.4. The van der Waals surface area contributed by atoms with Gasteiger partial charge in [-0.15, -0.1) is 11.3 Å². The van der Waals surface area contributed by atoms with Crippen molar-refractivity contribution in [2.75, 3.05) is 57.8 Å². The van der Waals surface area contributed by atoms with Crippen molar-refractivity contribution >= 4 is 23.0 Å². The highest BCUT2D eigenvalue weighted by Crippen LogP contribution is 2.20. The maximum Gasteiger partial charge on any atom is 0.190 e. The number of halogens is 1. The van der Waals surface area contributed by atoms with Crippen LogP contribution < -0.4 is 15.5 Å². The van der Waals surface area contributed by atoms with Gasteiger partial charge in [-0.3, -0.25) is 9.89 Å². The lowest BCUT2D eigenvalue weighted by atomic mass is 10.2. The molecule has 1 aromatic carbocycles. The first-order valence-electron chi connectivity index (χ1n) is 10.8. The average Bonchev–Trinajstić information content (AvgIpc) is 3.24. The number of aromatic nitrogens is 1. The molecule has 2 aromatic rings. The Morgan fingerprint density at radius 2 is 1.93 bits per heavy atom. The first-order chi connectivity index (χ1) is 14.7. The van der Waals surface area contributed by atoms with Gasteiger partial charge in [-0.2, -0.15) is 0 Å². The second-order valence-corrected chi connectivity index (χ2v) is 8.58. The van der Waals surface area contributed by atoms with Crippen LogP contribution in [0.5, 0.6) is 0 Å². The van der Waals surface area contributed by atoms with Crippen molar-refractivity contribution in [1.29, 1.82) is 0 Å². The maximum atomic E-state index is 13.9. The van der Waals surface area contributed by atoms with Crippen molar-refractivity contribution < 1.29 is 4.39 Å². The van der Waals surface area contributed by atoms with E-state index in [1.807, 2.05) is 18.3 Å². The average molecular weight is 433 g/mol. The van der Waals surface area contributed by atoms with Crippen molar-refractivity contribution in [1.82, 2.24) is 20.5 Å². The van der Waals surface area contributed by atoms with E-state index >= 15 is 0 Å². The van der Waals surface area contributed by atoms with Crippen LogP contribution in [0.4, 0.5) is 10.1 Å². The third kappa shape index (κ3) is 6.67. The van der Waals surface area contributed by atoms with Gasteiger partial charge in [0, 0.05) is 63.8 Å². The number of thiazole rings is 1. The van der Waals surface area contributed by atoms with Crippen molar-refractivity contribution in [2.45, 2.75) is 26.2 Å². The molecule has 0 bridgehead atoms. The highest BCUT2D eigenvalue weighted by molar-refractivity contribution is 7.11. The van der Waals surface area contributed by atoms with Crippen LogP contribution in [0.25, 0.3) is 0 Å². The number of nitrogens with zero attached hydrogens (tertiary/aromatic N) is 4. The molecular formula is C22H33FN6S. The molecule has 1 aromatic heterocycles. The SMILES string of the molecule is CCc1cnc(CCNC(=NC)NCCCN2CCN(c3ccccc3F)CC2)s1. The molecule has 0 spiro atoms. The summed E-state index contributed by atoms with van der Waals surface area (Å²) in [6.07, 6.45) is 4.99. The van der Waals surface area contributed by atoms with Gasteiger partial charge in [-0.1, -0.05) is 19.1 Å². The summed E-state index contributed by atoms with van der Waals surface area (Å²) in [5.74, 6) is 0.710. The summed E-state index contributed by atoms with van der Waals surface area (Å²) in [7, 11) is 1.80. The van der Waals surface area contributed by atoms with Crippen molar-refractivity contribution in [3.8, 4) is 0 Å². The van der Waals surface area contributed by atoms with Crippen LogP contribution >= 0.6 is 11.3 Å². The summed E-state index contributed by atoms with van der Waals surface area (Å²) in [5, 5.41) is 7.92. The summed E-state index contributed by atoms with van der Waals surface area (Å²) < 4.78 is 13.9. The Labute approximate surface area is 183 Å². The molecule has 164 valence electrons. The number of nitrogens with one attached hydrogen (secondary N) is 2. The molecule has 1 fully saturated rings. The predicted molar refractivity (Wildman–Crippen MR) is 124 cm³/mol. The largest absolute Gasteiger partial charge is 0.367 e. The van der Waals surface area contributed by atoms with Crippen LogP contribution in [-0.4, -0.2) is 68.7 Å². The lowest BCUT2D eigenvalue weighted by Gasteiger charge is -2.36. The summed E-state index contributed by atoms with van der Waals surface area (Å²) in [6.45, 7) is 8.57. The fraction of sp³-hybridized carbons (Fsp3) is 0.545. The summed E-state index contributed by atoms with van der Waals surface area (Å²) in [5.41, 5.74) is 0.720. The summed E-state index contributed by atoms with van der Waals surface area (Å²) in [4.78, 5) is 14.7. The molecule has 2 heterocycles. The first-order valence-corrected chi connectivity index (χ1v) is 11.6. The molecule has 0 saturated carbocycles. The Hall–Kier alpha value is -2.19. The molecule has 6 nitrogen and oxygen atoms in total. The Morgan fingerprint density at radius 3 is 2.63 bits per heavy atom. The number of hydrogen-bond acceptors (Lipinski definition) is 5. The molecule has 3 rings (SSSR count). The number of guanidine groups is 1. The number of hydrogen-bond donors (Lipinski definition) is 2. The van der Waals surface area contributed by atoms with E-state index in [-0.39, 0.29) is 5.82 Å². The minimum absolute atomic E-state index is 0.130. The number of benzene rings is 1. The Bertz CT molecular complexity index is 800. The molecule has 0 aliphatic carbocycles. The molecule has 0 amide bonds. The van der Waals surface area contributed by atoms with Gasteiger partial charge in [-0.05, 0) is 31.5 Å². The number of piperazine rings is 1. The van der Waals surface area contributed by atoms with Gasteiger partial charge in [0.05, 0.1) is 10.7 Å². The number of rotatable bonds is 9. The molecular weight excluding hydrogens is 399 g/mol. The van der Waals surface area contributed by atoms with E-state index in [0.29, 0.717) is 0 Å². The van der Waals surface area contributed by atoms with E-state index in [0.717, 1.165) is 76.7 Å². The molecule has 1 saturated heterocycles. The second-order valence-electron chi connectivity index (χ2n) is 7.38. The number of para-hydroxylation sites is 1. The fourth-order valence-electron chi connectivity index (χ4n) is 3.57. The molecule has 2 N–H and O–H groups in total. The molecule has 30 heavy (non-hydrogen) atoms. The van der Waals surface area contributed by atoms with Crippen LogP contribution in [-0.2, 0) is 12.8 Å². The zero-order valence-corrected chi connectivity index (χ0v) is 18.8. The molecule has 1 aliphatic rings. The summed E-state index contributed by atoms with van der Waals surface area (Å²) in [6, 6.07) is 7.04. The van der Waals surface area contributed by atoms with E-state index in [2.05, 4.69) is 37.3 Å². The van der Waals surface area contributed by atoms with Gasteiger partial charge in [0.25, 0.3) is 0 Å². The standard InChI is InChI=1S/C22H33FN6S/c1-3-18-17-27-21(30-18)9-11-26-22(24-2)25-10-6-12-28-13-15-29(16-14-28)20-8-5-4-7-19(20)23/h4-5,7-8,17H,3,6,9-16H2,1-2H3,(H2,24,25,26). The zero-order chi connectivity index (χ0) is 21.2. The van der Waals surface area contributed by atoms with Crippen LogP contribution in [0.1, 0.15) is 23.2 Å². The Balaban J connectivity index is 1.28. The van der Waals surface area contributed by atoms with Crippen LogP contribution in [0.15, 0.2) is 35.5 Å². The topological polar surface area (TPSA) is 55.8 Å². The summed E-state index contributed by atoms with van der Waals surface area (Å²) >= 11 is 1.79. The molecule has 1 aliphatic heterocycles. The van der Waals surface area contributed by atoms with Gasteiger partial charge in [0.15, 0.2) is 5.96 Å². The monoisotopic (exact) mass is 432 g/mol. The van der Waals surface area contributed by atoms with Crippen molar-refractivity contribution in [3.05, 3.63) is 46.2 Å². The van der Waals surface area contributed by atoms with E-state index in [4.69, 9.17) is 0 Å². The Morgan fingerprint density at radius 1 is 1.17 bits per heavy atom. The lowest BCUT2D eigenvalue weighted by Crippen LogP contribution is -2.47. The van der Waals surface area contributed by atoms with E-state index in [1.54, 1.807) is 24.5 Å². The number of aliphatic imine (C=N–C) groups is 1. The first kappa shape index (κ1) is 22.5. The third-order valence-corrected chi connectivity index (χ3v) is 6.52. The molecule has 0 radical (unpaired) electrons. The number of aryl methyl sites for hydroxylation is 1. The van der Waals surface area contributed by atoms with E-state index in [1.165, 1.54) is 16.0 Å². The molecule has 0 unspecified atom stereocenters. The minimum atomic E-state index is -0.130. The number of anilines is 1. The molecule has 8 heteroatoms. The van der Waals surface area contributed by atoms with Crippen LogP contribution in [0, 0.1) is 5.82 Å². The highest BCUT2D eigenvalue weighted by Gasteiger charge is 2.18. The van der Waals surface area contributed by atoms with Crippen molar-refractivity contribution in [3.63, 3.8) is 0 Å². The highest BCUT2D eigenvalue weighted by atomic mass is 32.1. The van der Waals surface area contributed by atoms with Gasteiger partial charge in [0.2, 0.25) is 0 Å². The van der Waals surface area contributed by atoms with Crippen molar-refractivity contribution in [2.24, 2.45) is 4.99 Å². The van der Waals surface area contributed by atoms with Crippen LogP contribution in [0.2, 0.25) is 0 Å². The smallest absolute Gasteiger partial charge is 0.190 e. The third-order valence-electron chi connectivity index (χ3n) is 5.31. The lowest BCUT2D eigenvalue weighted by molar-refractivity contribution is 0.254. The van der Waals surface area contributed by atoms with Gasteiger partial charge >= 0.3 is 0 Å². The van der Waals surface area contributed by atoms with Gasteiger partial charge in [0.1, 0.15) is 5.82 Å². The van der Waals surface area contributed by atoms with E-state index in [9.17, 15) is 4.39 Å². The van der Waals surface area contributed by atoms with Gasteiger partial charge < -0.3 is 15.5 Å². The Kier molecular flexibility index (Phi) is 8.89. The zero-order valence-electron chi connectivity index (χ0n) is 18.0. The minimum Gasteiger partial charge on any atom is -0.367 e. The second kappa shape index (κ2) is 11.9. The predicted octanol–water partition coefficient (Wildman–Crippen LogP) is 2.76. The fourth-order valence-corrected chi connectivity index (χ4v) is 4.43. The van der Waals surface area contributed by atoms with Crippen LogP contribution in [0.3, 0.4) is 0 Å². The van der Waals surface area contributed by atoms with E-state index < -0.39 is 0 Å². The maximum absolute atomic E-state index is 13.9.